The van der Waals surface area contributed by atoms with Crippen LogP contribution in [0.15, 0.2) is 54.6 Å². The highest BCUT2D eigenvalue weighted by Crippen LogP contribution is 2.34. The van der Waals surface area contributed by atoms with E-state index in [0.29, 0.717) is 12.0 Å². The summed E-state index contributed by atoms with van der Waals surface area (Å²) >= 11 is 0. The van der Waals surface area contributed by atoms with E-state index in [0.717, 1.165) is 38.2 Å². The molecule has 4 heteroatoms. The van der Waals surface area contributed by atoms with Crippen LogP contribution < -0.4 is 5.32 Å². The van der Waals surface area contributed by atoms with Crippen LogP contribution in [0.4, 0.5) is 0 Å². The molecule has 2 aliphatic heterocycles. The summed E-state index contributed by atoms with van der Waals surface area (Å²) in [4.78, 5) is 7.71. The Morgan fingerprint density at radius 2 is 1.71 bits per heavy atom. The van der Waals surface area contributed by atoms with E-state index in [2.05, 4.69) is 69.4 Å². The first-order valence-electron chi connectivity index (χ1n) is 10.8. The van der Waals surface area contributed by atoms with Crippen LogP contribution in [-0.4, -0.2) is 40.6 Å². The average Bonchev–Trinajstić information content (AvgIpc) is 3.15. The second-order valence-electron chi connectivity index (χ2n) is 8.36. The topological polar surface area (TPSA) is 33.1 Å². The van der Waals surface area contributed by atoms with E-state index in [1.807, 2.05) is 0 Å². The normalized spacial score (nSPS) is 21.9. The highest BCUT2D eigenvalue weighted by atomic mass is 15.2. The van der Waals surface area contributed by atoms with Crippen LogP contribution in [0.2, 0.25) is 0 Å². The van der Waals surface area contributed by atoms with Crippen molar-refractivity contribution in [2.45, 2.75) is 44.2 Å². The van der Waals surface area contributed by atoms with Crippen LogP contribution in [0.1, 0.15) is 49.0 Å². The number of rotatable bonds is 4. The van der Waals surface area contributed by atoms with Gasteiger partial charge in [-0.25, -0.2) is 4.98 Å². The molecule has 5 rings (SSSR count). The molecular weight excluding hydrogens is 344 g/mol. The van der Waals surface area contributed by atoms with Crippen molar-refractivity contribution in [3.05, 3.63) is 66.0 Å². The Bertz CT molecular complexity index is 903. The summed E-state index contributed by atoms with van der Waals surface area (Å²) in [7, 11) is 0. The van der Waals surface area contributed by atoms with E-state index in [4.69, 9.17) is 4.98 Å². The molecule has 2 aromatic carbocycles. The van der Waals surface area contributed by atoms with E-state index in [1.54, 1.807) is 0 Å². The second-order valence-corrected chi connectivity index (χ2v) is 8.36. The van der Waals surface area contributed by atoms with Gasteiger partial charge in [-0.3, -0.25) is 4.90 Å². The largest absolute Gasteiger partial charge is 0.324 e. The van der Waals surface area contributed by atoms with E-state index in [1.165, 1.54) is 42.6 Å². The number of fused-ring (bicyclic) bond motifs is 1. The lowest BCUT2D eigenvalue weighted by Gasteiger charge is -2.35. The number of nitrogens with zero attached hydrogens (tertiary/aromatic N) is 3. The van der Waals surface area contributed by atoms with Crippen molar-refractivity contribution in [3.8, 4) is 0 Å². The fourth-order valence-corrected chi connectivity index (χ4v) is 4.98. The zero-order valence-corrected chi connectivity index (χ0v) is 16.6. The van der Waals surface area contributed by atoms with Crippen LogP contribution >= 0.6 is 0 Å². The van der Waals surface area contributed by atoms with Gasteiger partial charge in [-0.05, 0) is 49.9 Å². The summed E-state index contributed by atoms with van der Waals surface area (Å²) in [5.41, 5.74) is 3.90. The smallest absolute Gasteiger partial charge is 0.114 e. The number of nitrogens with one attached hydrogen (secondary N) is 1. The molecule has 2 fully saturated rings. The van der Waals surface area contributed by atoms with Gasteiger partial charge in [0.15, 0.2) is 0 Å². The van der Waals surface area contributed by atoms with Gasteiger partial charge >= 0.3 is 0 Å². The van der Waals surface area contributed by atoms with Crippen LogP contribution in [0, 0.1) is 0 Å². The zero-order chi connectivity index (χ0) is 18.8. The van der Waals surface area contributed by atoms with Gasteiger partial charge in [0.1, 0.15) is 5.82 Å². The lowest BCUT2D eigenvalue weighted by molar-refractivity contribution is 0.178. The molecule has 0 amide bonds. The molecule has 0 bridgehead atoms. The number of para-hydroxylation sites is 2. The van der Waals surface area contributed by atoms with Crippen molar-refractivity contribution in [2.24, 2.45) is 0 Å². The van der Waals surface area contributed by atoms with Gasteiger partial charge in [0, 0.05) is 38.1 Å². The minimum atomic E-state index is 0.545. The molecule has 0 radical (unpaired) electrons. The minimum Gasteiger partial charge on any atom is -0.324 e. The molecule has 3 aromatic rings. The zero-order valence-electron chi connectivity index (χ0n) is 16.6. The predicted octanol–water partition coefficient (Wildman–Crippen LogP) is 4.34. The summed E-state index contributed by atoms with van der Waals surface area (Å²) < 4.78 is 2.60. The molecule has 4 nitrogen and oxygen atoms in total. The quantitative estimate of drug-likeness (QED) is 0.737. The number of imidazole rings is 1. The van der Waals surface area contributed by atoms with E-state index in [-0.39, 0.29) is 0 Å². The molecule has 0 saturated carbocycles. The Kier molecular flexibility index (Phi) is 5.15. The lowest BCUT2D eigenvalue weighted by Crippen LogP contribution is -2.36. The Morgan fingerprint density at radius 1 is 0.929 bits per heavy atom. The molecule has 2 aliphatic rings. The average molecular weight is 375 g/mol. The maximum Gasteiger partial charge on any atom is 0.114 e. The van der Waals surface area contributed by atoms with Crippen molar-refractivity contribution in [1.82, 2.24) is 19.8 Å². The molecule has 1 atom stereocenters. The van der Waals surface area contributed by atoms with Crippen LogP contribution in [0.25, 0.3) is 11.0 Å². The molecule has 146 valence electrons. The summed E-state index contributed by atoms with van der Waals surface area (Å²) in [6.07, 6.45) is 4.92. The van der Waals surface area contributed by atoms with Crippen LogP contribution in [0.3, 0.4) is 0 Å². The molecule has 2 saturated heterocycles. The third-order valence-corrected chi connectivity index (χ3v) is 6.46. The lowest BCUT2D eigenvalue weighted by atomic mass is 9.97. The van der Waals surface area contributed by atoms with Gasteiger partial charge in [0.25, 0.3) is 0 Å². The summed E-state index contributed by atoms with van der Waals surface area (Å²) in [6, 6.07) is 20.1. The molecule has 0 unspecified atom stereocenters. The summed E-state index contributed by atoms with van der Waals surface area (Å²) in [5, 5.41) is 3.58. The number of aromatic nitrogens is 2. The molecular formula is C24H30N4. The number of hydrogen-bond acceptors (Lipinski definition) is 3. The van der Waals surface area contributed by atoms with Crippen molar-refractivity contribution >= 4 is 11.0 Å². The first-order chi connectivity index (χ1) is 13.9. The van der Waals surface area contributed by atoms with Gasteiger partial charge in [-0.2, -0.15) is 0 Å². The molecule has 3 heterocycles. The second kappa shape index (κ2) is 8.06. The van der Waals surface area contributed by atoms with Crippen molar-refractivity contribution in [3.63, 3.8) is 0 Å². The Hall–Kier alpha value is -2.17. The fourth-order valence-electron chi connectivity index (χ4n) is 4.98. The third-order valence-electron chi connectivity index (χ3n) is 6.46. The van der Waals surface area contributed by atoms with Crippen molar-refractivity contribution < 1.29 is 0 Å². The van der Waals surface area contributed by atoms with E-state index >= 15 is 0 Å². The van der Waals surface area contributed by atoms with Crippen LogP contribution in [0.5, 0.6) is 0 Å². The van der Waals surface area contributed by atoms with Crippen molar-refractivity contribution in [2.75, 3.05) is 26.2 Å². The first-order valence-corrected chi connectivity index (χ1v) is 10.8. The van der Waals surface area contributed by atoms with Gasteiger partial charge in [-0.1, -0.05) is 42.5 Å². The van der Waals surface area contributed by atoms with Gasteiger partial charge < -0.3 is 9.88 Å². The van der Waals surface area contributed by atoms with E-state index in [9.17, 15) is 0 Å². The maximum absolute atomic E-state index is 5.11. The molecule has 0 aliphatic carbocycles. The predicted molar refractivity (Wildman–Crippen MR) is 115 cm³/mol. The van der Waals surface area contributed by atoms with Crippen molar-refractivity contribution in [1.29, 1.82) is 0 Å². The summed E-state index contributed by atoms with van der Waals surface area (Å²) in [5.74, 6) is 1.86. The highest BCUT2D eigenvalue weighted by Gasteiger charge is 2.28. The number of piperidine rings is 2. The highest BCUT2D eigenvalue weighted by molar-refractivity contribution is 5.76. The molecule has 28 heavy (non-hydrogen) atoms. The van der Waals surface area contributed by atoms with Gasteiger partial charge in [0.2, 0.25) is 0 Å². The fraction of sp³-hybridized carbons (Fsp3) is 0.458. The number of benzene rings is 2. The molecule has 1 aromatic heterocycles. The Balaban J connectivity index is 1.37. The SMILES string of the molecule is c1ccc(CN2CCC(n3c([C@@H]4CCCNC4)nc4ccccc43)CC2)cc1. The maximum atomic E-state index is 5.11. The third kappa shape index (κ3) is 3.59. The van der Waals surface area contributed by atoms with Gasteiger partial charge in [-0.15, -0.1) is 0 Å². The molecule has 0 spiro atoms. The number of likely N-dealkylation sites (tertiary alicyclic amines) is 1. The van der Waals surface area contributed by atoms with Gasteiger partial charge in [0.05, 0.1) is 11.0 Å². The van der Waals surface area contributed by atoms with Crippen LogP contribution in [-0.2, 0) is 6.54 Å². The van der Waals surface area contributed by atoms with E-state index < -0.39 is 0 Å². The monoisotopic (exact) mass is 374 g/mol. The molecule has 1 N–H and O–H groups in total. The Labute approximate surface area is 167 Å². The standard InChI is InChI=1S/C24H30N4/c1-2-7-19(8-3-1)18-27-15-12-21(13-16-27)28-23-11-5-4-10-22(23)26-24(28)20-9-6-14-25-17-20/h1-5,7-8,10-11,20-21,25H,6,9,12-18H2/t20-/m1/s1. The first kappa shape index (κ1) is 17.9. The number of hydrogen-bond donors (Lipinski definition) is 1. The minimum absolute atomic E-state index is 0.545. The summed E-state index contributed by atoms with van der Waals surface area (Å²) in [6.45, 7) is 5.60. The Morgan fingerprint density at radius 3 is 2.50 bits per heavy atom.